The van der Waals surface area contributed by atoms with Crippen LogP contribution in [0.25, 0.3) is 0 Å². The van der Waals surface area contributed by atoms with Crippen molar-refractivity contribution < 1.29 is 10.2 Å². The van der Waals surface area contributed by atoms with Gasteiger partial charge in [-0.05, 0) is 25.7 Å². The van der Waals surface area contributed by atoms with Gasteiger partial charge >= 0.3 is 0 Å². The van der Waals surface area contributed by atoms with Crippen LogP contribution in [0.4, 0.5) is 0 Å². The van der Waals surface area contributed by atoms with Crippen molar-refractivity contribution in [3.63, 3.8) is 0 Å². The second-order valence-electron chi connectivity index (χ2n) is 4.90. The molecule has 104 valence electrons. The predicted octanol–water partition coefficient (Wildman–Crippen LogP) is 3.15. The van der Waals surface area contributed by atoms with Crippen LogP contribution in [-0.4, -0.2) is 22.7 Å². The number of aliphatic hydroxyl groups excluding tert-OH is 2. The molecule has 0 fully saturated rings. The fourth-order valence-electron chi connectivity index (χ4n) is 1.92. The van der Waals surface area contributed by atoms with Crippen LogP contribution in [0, 0.1) is 0 Å². The largest absolute Gasteiger partial charge is 0.379 e. The molecule has 0 aromatic rings. The highest BCUT2D eigenvalue weighted by atomic mass is 16.3. The summed E-state index contributed by atoms with van der Waals surface area (Å²) in [4.78, 5) is 0. The summed E-state index contributed by atoms with van der Waals surface area (Å²) in [5.41, 5.74) is 0. The number of hydrogen-bond donors (Lipinski definition) is 3. The maximum atomic E-state index is 9.66. The second-order valence-corrected chi connectivity index (χ2v) is 4.90. The summed E-state index contributed by atoms with van der Waals surface area (Å²) in [6.07, 6.45) is 9.71. The first kappa shape index (κ1) is 16.9. The highest BCUT2D eigenvalue weighted by Gasteiger charge is 2.09. The Morgan fingerprint density at radius 3 is 1.65 bits per heavy atom. The Morgan fingerprint density at radius 1 is 0.706 bits per heavy atom. The molecule has 0 bridgehead atoms. The maximum absolute atomic E-state index is 9.66. The molecule has 2 unspecified atom stereocenters. The second kappa shape index (κ2) is 12.3. The van der Waals surface area contributed by atoms with Crippen LogP contribution in [0.15, 0.2) is 0 Å². The standard InChI is InChI=1S/C14H31NO2/c1-3-5-7-8-10-12-14(17)15-13(16)11-9-6-4-2/h13-17H,3-12H2,1-2H3. The van der Waals surface area contributed by atoms with E-state index in [1.807, 2.05) is 0 Å². The molecule has 0 aliphatic rings. The van der Waals surface area contributed by atoms with Gasteiger partial charge in [0, 0.05) is 0 Å². The number of rotatable bonds is 12. The van der Waals surface area contributed by atoms with Crippen LogP contribution < -0.4 is 5.32 Å². The molecule has 0 spiro atoms. The van der Waals surface area contributed by atoms with Gasteiger partial charge in [-0.3, -0.25) is 5.32 Å². The van der Waals surface area contributed by atoms with Crippen molar-refractivity contribution >= 4 is 0 Å². The van der Waals surface area contributed by atoms with Crippen molar-refractivity contribution in [3.8, 4) is 0 Å². The topological polar surface area (TPSA) is 52.5 Å². The maximum Gasteiger partial charge on any atom is 0.106 e. The molecule has 0 heterocycles. The third-order valence-electron chi connectivity index (χ3n) is 3.05. The number of nitrogens with one attached hydrogen (secondary N) is 1. The van der Waals surface area contributed by atoms with Crippen molar-refractivity contribution in [2.24, 2.45) is 0 Å². The molecule has 3 heteroatoms. The minimum Gasteiger partial charge on any atom is -0.379 e. The molecule has 0 saturated heterocycles. The minimum absolute atomic E-state index is 0.548. The van der Waals surface area contributed by atoms with E-state index in [9.17, 15) is 10.2 Å². The molecule has 0 aliphatic carbocycles. The summed E-state index contributed by atoms with van der Waals surface area (Å²) in [5.74, 6) is 0. The molecule has 0 aromatic carbocycles. The zero-order valence-corrected chi connectivity index (χ0v) is 11.6. The molecule has 0 radical (unpaired) electrons. The van der Waals surface area contributed by atoms with E-state index in [1.54, 1.807) is 0 Å². The lowest BCUT2D eigenvalue weighted by atomic mass is 10.1. The average molecular weight is 245 g/mol. The summed E-state index contributed by atoms with van der Waals surface area (Å²) < 4.78 is 0. The predicted molar refractivity (Wildman–Crippen MR) is 72.7 cm³/mol. The van der Waals surface area contributed by atoms with E-state index in [0.717, 1.165) is 38.5 Å². The molecule has 0 amide bonds. The van der Waals surface area contributed by atoms with Gasteiger partial charge in [-0.15, -0.1) is 0 Å². The highest BCUT2D eigenvalue weighted by Crippen LogP contribution is 2.07. The number of hydrogen-bond acceptors (Lipinski definition) is 3. The van der Waals surface area contributed by atoms with Crippen LogP contribution in [0.2, 0.25) is 0 Å². The molecule has 3 N–H and O–H groups in total. The lowest BCUT2D eigenvalue weighted by Crippen LogP contribution is -2.38. The fraction of sp³-hybridized carbons (Fsp3) is 1.00. The summed E-state index contributed by atoms with van der Waals surface area (Å²) in [7, 11) is 0. The highest BCUT2D eigenvalue weighted by molar-refractivity contribution is 4.59. The van der Waals surface area contributed by atoms with Gasteiger partial charge in [0.2, 0.25) is 0 Å². The molecule has 3 nitrogen and oxygen atoms in total. The number of unbranched alkanes of at least 4 members (excludes halogenated alkanes) is 6. The van der Waals surface area contributed by atoms with E-state index < -0.39 is 12.5 Å². The Hall–Kier alpha value is -0.120. The van der Waals surface area contributed by atoms with Gasteiger partial charge in [0.15, 0.2) is 0 Å². The third-order valence-corrected chi connectivity index (χ3v) is 3.05. The molecular weight excluding hydrogens is 214 g/mol. The van der Waals surface area contributed by atoms with Crippen LogP contribution in [0.1, 0.15) is 78.1 Å². The fourth-order valence-corrected chi connectivity index (χ4v) is 1.92. The first-order chi connectivity index (χ1) is 8.20. The Kier molecular flexibility index (Phi) is 12.3. The zero-order chi connectivity index (χ0) is 12.9. The van der Waals surface area contributed by atoms with E-state index in [2.05, 4.69) is 19.2 Å². The first-order valence-electron chi connectivity index (χ1n) is 7.32. The van der Waals surface area contributed by atoms with Crippen molar-refractivity contribution in [1.82, 2.24) is 5.32 Å². The van der Waals surface area contributed by atoms with Gasteiger partial charge in [0.05, 0.1) is 0 Å². The smallest absolute Gasteiger partial charge is 0.106 e. The molecule has 0 saturated carbocycles. The van der Waals surface area contributed by atoms with E-state index in [4.69, 9.17) is 0 Å². The normalized spacial score (nSPS) is 14.8. The Labute approximate surface area is 107 Å². The van der Waals surface area contributed by atoms with Gasteiger partial charge in [0.1, 0.15) is 12.5 Å². The van der Waals surface area contributed by atoms with Crippen molar-refractivity contribution in [2.75, 3.05) is 0 Å². The van der Waals surface area contributed by atoms with Crippen molar-refractivity contribution in [2.45, 2.75) is 90.5 Å². The van der Waals surface area contributed by atoms with Gasteiger partial charge in [0.25, 0.3) is 0 Å². The van der Waals surface area contributed by atoms with E-state index in [0.29, 0.717) is 0 Å². The van der Waals surface area contributed by atoms with Gasteiger partial charge in [-0.2, -0.15) is 0 Å². The van der Waals surface area contributed by atoms with Gasteiger partial charge in [-0.25, -0.2) is 0 Å². The first-order valence-corrected chi connectivity index (χ1v) is 7.32. The molecule has 17 heavy (non-hydrogen) atoms. The Balaban J connectivity index is 3.34. The van der Waals surface area contributed by atoms with E-state index >= 15 is 0 Å². The molecule has 2 atom stereocenters. The SMILES string of the molecule is CCCCCCCC(O)NC(O)CCCCC. The Morgan fingerprint density at radius 2 is 1.12 bits per heavy atom. The lowest BCUT2D eigenvalue weighted by Gasteiger charge is -2.18. The van der Waals surface area contributed by atoms with Crippen LogP contribution >= 0.6 is 0 Å². The van der Waals surface area contributed by atoms with Crippen LogP contribution in [-0.2, 0) is 0 Å². The quantitative estimate of drug-likeness (QED) is 0.366. The van der Waals surface area contributed by atoms with Crippen LogP contribution in [0.3, 0.4) is 0 Å². The molecule has 0 rings (SSSR count). The molecular formula is C14H31NO2. The minimum atomic E-state index is -0.549. The zero-order valence-electron chi connectivity index (χ0n) is 11.6. The van der Waals surface area contributed by atoms with Crippen LogP contribution in [0.5, 0.6) is 0 Å². The molecule has 0 aliphatic heterocycles. The summed E-state index contributed by atoms with van der Waals surface area (Å²) in [6, 6.07) is 0. The number of aliphatic hydroxyl groups is 2. The van der Waals surface area contributed by atoms with Crippen molar-refractivity contribution in [3.05, 3.63) is 0 Å². The summed E-state index contributed by atoms with van der Waals surface area (Å²) in [6.45, 7) is 4.34. The Bertz CT molecular complexity index is 153. The van der Waals surface area contributed by atoms with Gasteiger partial charge in [-0.1, -0.05) is 52.4 Å². The summed E-state index contributed by atoms with van der Waals surface area (Å²) in [5, 5.41) is 22.1. The van der Waals surface area contributed by atoms with Crippen molar-refractivity contribution in [1.29, 1.82) is 0 Å². The van der Waals surface area contributed by atoms with Gasteiger partial charge < -0.3 is 10.2 Å². The monoisotopic (exact) mass is 245 g/mol. The summed E-state index contributed by atoms with van der Waals surface area (Å²) >= 11 is 0. The lowest BCUT2D eigenvalue weighted by molar-refractivity contribution is 0.0311. The third kappa shape index (κ3) is 12.1. The average Bonchev–Trinajstić information content (AvgIpc) is 2.29. The van der Waals surface area contributed by atoms with E-state index in [1.165, 1.54) is 25.7 Å². The molecule has 0 aromatic heterocycles. The van der Waals surface area contributed by atoms with E-state index in [-0.39, 0.29) is 0 Å².